The molecule has 2 aliphatic rings. The number of carbonyl (C=O) groups excluding carboxylic acids is 2. The highest BCUT2D eigenvalue weighted by Crippen LogP contribution is 2.42. The maximum absolute atomic E-state index is 13.6. The lowest BCUT2D eigenvalue weighted by molar-refractivity contribution is 0.0204. The third kappa shape index (κ3) is 5.60. The summed E-state index contributed by atoms with van der Waals surface area (Å²) >= 11 is 0. The maximum Gasteiger partial charge on any atom is 0.419 e. The lowest BCUT2D eigenvalue weighted by Gasteiger charge is -2.33. The average Bonchev–Trinajstić information content (AvgIpc) is 3.05. The van der Waals surface area contributed by atoms with Crippen molar-refractivity contribution in [3.8, 4) is 17.0 Å². The number of nitrogens with zero attached hydrogens (tertiary/aromatic N) is 3. The zero-order valence-corrected chi connectivity index (χ0v) is 24.1. The Labute approximate surface area is 230 Å². The summed E-state index contributed by atoms with van der Waals surface area (Å²) in [6, 6.07) is 8.36. The van der Waals surface area contributed by atoms with Crippen molar-refractivity contribution in [2.45, 2.75) is 84.8 Å². The van der Waals surface area contributed by atoms with Crippen LogP contribution >= 0.6 is 0 Å². The molecule has 1 fully saturated rings. The van der Waals surface area contributed by atoms with Crippen molar-refractivity contribution >= 4 is 23.1 Å². The van der Waals surface area contributed by atoms with E-state index >= 15 is 0 Å². The van der Waals surface area contributed by atoms with Gasteiger partial charge in [-0.3, -0.25) is 4.98 Å². The molecule has 0 bridgehead atoms. The predicted octanol–water partition coefficient (Wildman–Crippen LogP) is 6.84. The van der Waals surface area contributed by atoms with Gasteiger partial charge in [-0.25, -0.2) is 14.2 Å². The van der Waals surface area contributed by atoms with E-state index in [1.54, 1.807) is 15.7 Å². The summed E-state index contributed by atoms with van der Waals surface area (Å²) in [7, 11) is 0. The largest absolute Gasteiger partial charge is 0.491 e. The van der Waals surface area contributed by atoms with Gasteiger partial charge < -0.3 is 19.1 Å². The van der Waals surface area contributed by atoms with Gasteiger partial charge >= 0.3 is 12.2 Å². The summed E-state index contributed by atoms with van der Waals surface area (Å²) in [5.74, 6) is 0.982. The van der Waals surface area contributed by atoms with Crippen LogP contribution in [-0.2, 0) is 15.9 Å². The lowest BCUT2D eigenvalue weighted by atomic mass is 9.88. The number of amides is 1. The predicted molar refractivity (Wildman–Crippen MR) is 151 cm³/mol. The highest BCUT2D eigenvalue weighted by Gasteiger charge is 2.32. The Hall–Kier alpha value is -3.55. The van der Waals surface area contributed by atoms with Crippen molar-refractivity contribution in [2.75, 3.05) is 19.7 Å². The molecule has 1 saturated heterocycles. The van der Waals surface area contributed by atoms with E-state index in [0.717, 1.165) is 46.3 Å². The van der Waals surface area contributed by atoms with Crippen LogP contribution in [-0.4, -0.2) is 57.5 Å². The fraction of sp³-hybridized carbons (Fsp3) is 0.516. The summed E-state index contributed by atoms with van der Waals surface area (Å²) in [5.41, 5.74) is 4.49. The first-order valence-corrected chi connectivity index (χ1v) is 13.8. The molecule has 3 aromatic rings. The van der Waals surface area contributed by atoms with Gasteiger partial charge in [0.2, 0.25) is 0 Å². The minimum Gasteiger partial charge on any atom is -0.491 e. The molecule has 0 N–H and O–H groups in total. The number of piperidine rings is 1. The Balaban J connectivity index is 1.54. The lowest BCUT2D eigenvalue weighted by Crippen LogP contribution is -2.41. The molecule has 2 aliphatic heterocycles. The Bertz CT molecular complexity index is 1420. The number of likely N-dealkylation sites (tertiary alicyclic amines) is 1. The molecule has 0 unspecified atom stereocenters. The van der Waals surface area contributed by atoms with Crippen molar-refractivity contribution in [1.29, 1.82) is 0 Å². The minimum absolute atomic E-state index is 0.250. The van der Waals surface area contributed by atoms with Gasteiger partial charge in [0, 0.05) is 36.2 Å². The van der Waals surface area contributed by atoms with E-state index in [9.17, 15) is 9.59 Å². The molecule has 0 spiro atoms. The van der Waals surface area contributed by atoms with Gasteiger partial charge in [0.15, 0.2) is 0 Å². The van der Waals surface area contributed by atoms with Gasteiger partial charge in [0.1, 0.15) is 17.0 Å². The Morgan fingerprint density at radius 1 is 0.974 bits per heavy atom. The fourth-order valence-electron chi connectivity index (χ4n) is 5.49. The molecule has 8 nitrogen and oxygen atoms in total. The van der Waals surface area contributed by atoms with Crippen LogP contribution in [0.5, 0.6) is 5.75 Å². The second kappa shape index (κ2) is 9.88. The topological polar surface area (TPSA) is 82.9 Å². The number of carbonyl (C=O) groups is 2. The summed E-state index contributed by atoms with van der Waals surface area (Å²) in [4.78, 5) is 32.4. The smallest absolute Gasteiger partial charge is 0.419 e. The average molecular weight is 534 g/mol. The summed E-state index contributed by atoms with van der Waals surface area (Å²) < 4.78 is 19.2. The molecule has 1 amide bonds. The Morgan fingerprint density at radius 2 is 1.64 bits per heavy atom. The van der Waals surface area contributed by atoms with Crippen molar-refractivity contribution < 1.29 is 23.8 Å². The van der Waals surface area contributed by atoms with E-state index in [2.05, 4.69) is 17.1 Å². The van der Waals surface area contributed by atoms with E-state index in [1.165, 1.54) is 5.56 Å². The van der Waals surface area contributed by atoms with Gasteiger partial charge in [-0.2, -0.15) is 0 Å². The molecule has 8 heteroatoms. The fourth-order valence-corrected chi connectivity index (χ4v) is 5.49. The standard InChI is InChI=1S/C31H39N3O5/c1-19-16-24-26(18-32-19)37-15-12-22-23-17-21(20-10-13-33(14-11-20)28(35)38-30(2,3)4)8-9-25(23)34(27(22)24)29(36)39-31(5,6)7/h8-9,16-18,20H,10-15H2,1-7H3. The third-order valence-electron chi connectivity index (χ3n) is 7.16. The quantitative estimate of drug-likeness (QED) is 0.340. The summed E-state index contributed by atoms with van der Waals surface area (Å²) in [5, 5.41) is 1.04. The van der Waals surface area contributed by atoms with E-state index in [-0.39, 0.29) is 6.09 Å². The molecule has 1 aromatic carbocycles. The SMILES string of the molecule is Cc1cc2c(cn1)OCCc1c-2n(C(=O)OC(C)(C)C)c2ccc(C3CCN(C(=O)OC(C)(C)C)CC3)cc12. The molecule has 0 aliphatic carbocycles. The van der Waals surface area contributed by atoms with E-state index in [1.807, 2.05) is 60.6 Å². The van der Waals surface area contributed by atoms with Gasteiger partial charge in [0.25, 0.3) is 0 Å². The highest BCUT2D eigenvalue weighted by molar-refractivity contribution is 6.01. The van der Waals surface area contributed by atoms with E-state index < -0.39 is 17.3 Å². The van der Waals surface area contributed by atoms with E-state index in [0.29, 0.717) is 37.8 Å². The molecule has 5 rings (SSSR count). The van der Waals surface area contributed by atoms with Crippen LogP contribution < -0.4 is 4.74 Å². The summed E-state index contributed by atoms with van der Waals surface area (Å²) in [6.45, 7) is 15.0. The van der Waals surface area contributed by atoms with Crippen molar-refractivity contribution in [3.63, 3.8) is 0 Å². The maximum atomic E-state index is 13.6. The van der Waals surface area contributed by atoms with Crippen LogP contribution in [0, 0.1) is 6.92 Å². The number of fused-ring (bicyclic) bond motifs is 5. The minimum atomic E-state index is -0.638. The van der Waals surface area contributed by atoms with Gasteiger partial charge in [0.05, 0.1) is 24.0 Å². The highest BCUT2D eigenvalue weighted by atomic mass is 16.6. The van der Waals surface area contributed by atoms with E-state index in [4.69, 9.17) is 14.2 Å². The molecule has 2 aromatic heterocycles. The molecule has 0 saturated carbocycles. The summed E-state index contributed by atoms with van der Waals surface area (Å²) in [6.07, 6.45) is 3.46. The molecule has 4 heterocycles. The molecular weight excluding hydrogens is 494 g/mol. The van der Waals surface area contributed by atoms with Crippen LogP contribution in [0.3, 0.4) is 0 Å². The van der Waals surface area contributed by atoms with Crippen LogP contribution in [0.4, 0.5) is 9.59 Å². The normalized spacial score (nSPS) is 16.2. The first-order valence-electron chi connectivity index (χ1n) is 13.8. The van der Waals surface area contributed by atoms with Crippen LogP contribution in [0.1, 0.15) is 77.1 Å². The molecule has 0 atom stereocenters. The van der Waals surface area contributed by atoms with Crippen molar-refractivity contribution in [2.24, 2.45) is 0 Å². The van der Waals surface area contributed by atoms with Crippen LogP contribution in [0.2, 0.25) is 0 Å². The molecule has 0 radical (unpaired) electrons. The van der Waals surface area contributed by atoms with Crippen molar-refractivity contribution in [1.82, 2.24) is 14.5 Å². The number of aryl methyl sites for hydroxylation is 1. The second-order valence-corrected chi connectivity index (χ2v) is 12.6. The molecular formula is C31H39N3O5. The third-order valence-corrected chi connectivity index (χ3v) is 7.16. The zero-order chi connectivity index (χ0) is 28.1. The van der Waals surface area contributed by atoms with Crippen LogP contribution in [0.15, 0.2) is 30.5 Å². The number of benzene rings is 1. The van der Waals surface area contributed by atoms with Gasteiger partial charge in [-0.05, 0) is 96.6 Å². The first-order chi connectivity index (χ1) is 18.3. The van der Waals surface area contributed by atoms with Gasteiger partial charge in [-0.1, -0.05) is 6.07 Å². The Morgan fingerprint density at radius 3 is 2.31 bits per heavy atom. The molecule has 39 heavy (non-hydrogen) atoms. The number of hydrogen-bond acceptors (Lipinski definition) is 6. The van der Waals surface area contributed by atoms with Gasteiger partial charge in [-0.15, -0.1) is 0 Å². The molecule has 208 valence electrons. The van der Waals surface area contributed by atoms with Crippen LogP contribution in [0.25, 0.3) is 22.2 Å². The monoisotopic (exact) mass is 533 g/mol. The number of hydrogen-bond donors (Lipinski definition) is 0. The number of pyridine rings is 1. The number of ether oxygens (including phenoxy) is 3. The zero-order valence-electron chi connectivity index (χ0n) is 24.1. The van der Waals surface area contributed by atoms with Crippen molar-refractivity contribution in [3.05, 3.63) is 47.3 Å². The number of rotatable bonds is 1. The Kier molecular flexibility index (Phi) is 6.85. The first kappa shape index (κ1) is 27.0. The second-order valence-electron chi connectivity index (χ2n) is 12.6. The number of aromatic nitrogens is 2.